The monoisotopic (exact) mass is 574 g/mol. The minimum Gasteiger partial charge on any atom is -0.466 e. The van der Waals surface area contributed by atoms with Crippen molar-refractivity contribution in [1.29, 1.82) is 0 Å². The molecule has 3 fully saturated rings. The highest BCUT2D eigenvalue weighted by atomic mass is 79.9. The maximum Gasteiger partial charge on any atom is 0.310 e. The van der Waals surface area contributed by atoms with E-state index >= 15 is 0 Å². The highest BCUT2D eigenvalue weighted by Gasteiger charge is 2.76. The zero-order chi connectivity index (χ0) is 25.8. The fraction of sp³-hybridized carbons (Fsp3) is 0.519. The Morgan fingerprint density at radius 1 is 1.25 bits per heavy atom. The molecule has 3 aliphatic heterocycles. The zero-order valence-electron chi connectivity index (χ0n) is 20.5. The zero-order valence-corrected chi connectivity index (χ0v) is 22.9. The number of aliphatic hydroxyl groups excluding tert-OH is 1. The van der Waals surface area contributed by atoms with Gasteiger partial charge in [-0.05, 0) is 42.2 Å². The molecule has 5 rings (SSSR count). The summed E-state index contributed by atoms with van der Waals surface area (Å²) in [7, 11) is 0. The molecule has 7 nitrogen and oxygen atoms in total. The number of benzene rings is 2. The number of aliphatic hydroxyl groups is 1. The van der Waals surface area contributed by atoms with Crippen LogP contribution >= 0.6 is 27.7 Å². The quantitative estimate of drug-likeness (QED) is 0.385. The SMILES string of the molecule is CCOC(=O)[C@H]1[C@H]2C(=O)N([C@@H](CO)C(C)C)C(C(=O)Nc3ccc4ccccc4c3)C23CC(Br)[C@@H]1S3. The Balaban J connectivity index is 1.56. The first-order valence-electron chi connectivity index (χ1n) is 12.4. The van der Waals surface area contributed by atoms with Crippen molar-refractivity contribution in [1.82, 2.24) is 4.90 Å². The summed E-state index contributed by atoms with van der Waals surface area (Å²) < 4.78 is 4.61. The molecule has 0 radical (unpaired) electrons. The molecular weight excluding hydrogens is 544 g/mol. The van der Waals surface area contributed by atoms with Crippen LogP contribution in [0.25, 0.3) is 10.8 Å². The third-order valence-electron chi connectivity index (χ3n) is 7.87. The van der Waals surface area contributed by atoms with Crippen molar-refractivity contribution in [3.8, 4) is 0 Å². The number of hydrogen-bond acceptors (Lipinski definition) is 6. The molecule has 1 spiro atoms. The third kappa shape index (κ3) is 3.85. The molecular formula is C27H31BrN2O5S. The first-order chi connectivity index (χ1) is 17.2. The number of thioether (sulfide) groups is 1. The highest BCUT2D eigenvalue weighted by molar-refractivity contribution is 9.09. The second-order valence-corrected chi connectivity index (χ2v) is 12.9. The summed E-state index contributed by atoms with van der Waals surface area (Å²) in [5, 5.41) is 15.3. The summed E-state index contributed by atoms with van der Waals surface area (Å²) in [6.45, 7) is 5.58. The van der Waals surface area contributed by atoms with Crippen molar-refractivity contribution in [2.75, 3.05) is 18.5 Å². The van der Waals surface area contributed by atoms with Crippen LogP contribution in [-0.2, 0) is 19.1 Å². The molecule has 0 saturated carbocycles. The first-order valence-corrected chi connectivity index (χ1v) is 14.2. The van der Waals surface area contributed by atoms with E-state index in [0.29, 0.717) is 12.1 Å². The second kappa shape index (κ2) is 9.65. The van der Waals surface area contributed by atoms with E-state index in [-0.39, 0.29) is 47.0 Å². The number of rotatable bonds is 7. The van der Waals surface area contributed by atoms with E-state index in [1.807, 2.05) is 56.3 Å². The molecule has 7 atom stereocenters. The Kier molecular flexibility index (Phi) is 6.85. The largest absolute Gasteiger partial charge is 0.466 e. The minimum absolute atomic E-state index is 0.0245. The number of carbonyl (C=O) groups is 3. The van der Waals surface area contributed by atoms with Gasteiger partial charge >= 0.3 is 5.97 Å². The van der Waals surface area contributed by atoms with Crippen molar-refractivity contribution in [2.24, 2.45) is 17.8 Å². The lowest BCUT2D eigenvalue weighted by Gasteiger charge is -2.38. The number of nitrogens with one attached hydrogen (secondary N) is 1. The number of halogens is 1. The lowest BCUT2D eigenvalue weighted by atomic mass is 9.71. The van der Waals surface area contributed by atoms with Gasteiger partial charge < -0.3 is 20.1 Å². The van der Waals surface area contributed by atoms with Gasteiger partial charge in [0.15, 0.2) is 0 Å². The van der Waals surface area contributed by atoms with Gasteiger partial charge in [0.2, 0.25) is 11.8 Å². The van der Waals surface area contributed by atoms with Gasteiger partial charge in [-0.15, -0.1) is 11.8 Å². The van der Waals surface area contributed by atoms with Gasteiger partial charge in [0.1, 0.15) is 6.04 Å². The molecule has 2 amide bonds. The smallest absolute Gasteiger partial charge is 0.310 e. The number of likely N-dealkylation sites (tertiary alicyclic amines) is 1. The van der Waals surface area contributed by atoms with Gasteiger partial charge in [-0.25, -0.2) is 0 Å². The molecule has 2 bridgehead atoms. The Hall–Kier alpha value is -2.10. The average Bonchev–Trinajstić information content (AvgIpc) is 3.43. The fourth-order valence-corrected chi connectivity index (χ4v) is 9.92. The van der Waals surface area contributed by atoms with Crippen molar-refractivity contribution >= 4 is 61.9 Å². The summed E-state index contributed by atoms with van der Waals surface area (Å²) in [5.74, 6) is -2.30. The Labute approximate surface area is 223 Å². The van der Waals surface area contributed by atoms with Crippen molar-refractivity contribution in [2.45, 2.75) is 54.1 Å². The van der Waals surface area contributed by atoms with Crippen LogP contribution in [0.1, 0.15) is 27.2 Å². The molecule has 36 heavy (non-hydrogen) atoms. The summed E-state index contributed by atoms with van der Waals surface area (Å²) in [6.07, 6.45) is 0.581. The number of fused-ring (bicyclic) bond motifs is 2. The van der Waals surface area contributed by atoms with Crippen LogP contribution in [0.3, 0.4) is 0 Å². The van der Waals surface area contributed by atoms with Crippen LogP contribution in [0.5, 0.6) is 0 Å². The number of carbonyl (C=O) groups excluding carboxylic acids is 3. The molecule has 0 aromatic heterocycles. The van der Waals surface area contributed by atoms with E-state index in [0.717, 1.165) is 10.8 Å². The standard InChI is InChI=1S/C27H31BrN2O5S/c1-4-35-26(34)20-21-25(33)30(19(13-31)14(2)3)23(27(21)12-18(28)22(20)36-27)24(32)29-17-10-9-15-7-5-6-8-16(15)11-17/h5-11,14,18-23,31H,4,12-13H2,1-3H3,(H,29,32)/t18?,19-,20-,21-,22-,23?,27?/m0/s1. The number of ether oxygens (including phenoxy) is 1. The van der Waals surface area contributed by atoms with Crippen molar-refractivity contribution < 1.29 is 24.2 Å². The number of anilines is 1. The van der Waals surface area contributed by atoms with E-state index in [1.54, 1.807) is 23.6 Å². The first kappa shape index (κ1) is 25.5. The fourth-order valence-electron chi connectivity index (χ4n) is 6.33. The lowest BCUT2D eigenvalue weighted by Crippen LogP contribution is -2.56. The summed E-state index contributed by atoms with van der Waals surface area (Å²) in [4.78, 5) is 42.7. The average molecular weight is 576 g/mol. The second-order valence-electron chi connectivity index (χ2n) is 10.2. The number of hydrogen-bond donors (Lipinski definition) is 2. The van der Waals surface area contributed by atoms with Crippen molar-refractivity contribution in [3.05, 3.63) is 42.5 Å². The topological polar surface area (TPSA) is 95.9 Å². The summed E-state index contributed by atoms with van der Waals surface area (Å²) in [6, 6.07) is 12.3. The Morgan fingerprint density at radius 2 is 1.97 bits per heavy atom. The number of esters is 1. The van der Waals surface area contributed by atoms with Gasteiger partial charge in [-0.1, -0.05) is 60.1 Å². The number of amides is 2. The molecule has 3 heterocycles. The van der Waals surface area contributed by atoms with Crippen molar-refractivity contribution in [3.63, 3.8) is 0 Å². The predicted molar refractivity (Wildman–Crippen MR) is 144 cm³/mol. The summed E-state index contributed by atoms with van der Waals surface area (Å²) in [5.41, 5.74) is 0.644. The van der Waals surface area contributed by atoms with E-state index < -0.39 is 28.7 Å². The minimum atomic E-state index is -0.824. The highest BCUT2D eigenvalue weighted by Crippen LogP contribution is 2.68. The number of alkyl halides is 1. The molecule has 192 valence electrons. The maximum atomic E-state index is 14.1. The molecule has 2 aromatic rings. The van der Waals surface area contributed by atoms with Crippen LogP contribution in [0.2, 0.25) is 0 Å². The molecule has 9 heteroatoms. The molecule has 3 unspecified atom stereocenters. The van der Waals surface area contributed by atoms with Gasteiger partial charge in [0.25, 0.3) is 0 Å². The van der Waals surface area contributed by atoms with Crippen LogP contribution in [0, 0.1) is 17.8 Å². The van der Waals surface area contributed by atoms with Crippen LogP contribution < -0.4 is 5.32 Å². The van der Waals surface area contributed by atoms with Gasteiger partial charge in [0, 0.05) is 15.8 Å². The van der Waals surface area contributed by atoms with Crippen LogP contribution in [0.15, 0.2) is 42.5 Å². The Morgan fingerprint density at radius 3 is 2.64 bits per heavy atom. The van der Waals surface area contributed by atoms with Crippen LogP contribution in [0.4, 0.5) is 5.69 Å². The van der Waals surface area contributed by atoms with E-state index in [1.165, 1.54) is 0 Å². The normalized spacial score (nSPS) is 31.7. The van der Waals surface area contributed by atoms with Gasteiger partial charge in [-0.3, -0.25) is 14.4 Å². The maximum absolute atomic E-state index is 14.1. The lowest BCUT2D eigenvalue weighted by molar-refractivity contribution is -0.154. The third-order valence-corrected chi connectivity index (χ3v) is 11.1. The van der Waals surface area contributed by atoms with Gasteiger partial charge in [0.05, 0.1) is 35.8 Å². The van der Waals surface area contributed by atoms with E-state index in [2.05, 4.69) is 21.2 Å². The molecule has 2 N–H and O–H groups in total. The number of nitrogens with zero attached hydrogens (tertiary/aromatic N) is 1. The molecule has 3 aliphatic rings. The van der Waals surface area contributed by atoms with Crippen LogP contribution in [-0.4, -0.2) is 67.9 Å². The van der Waals surface area contributed by atoms with Gasteiger partial charge in [-0.2, -0.15) is 0 Å². The summed E-state index contributed by atoms with van der Waals surface area (Å²) >= 11 is 5.30. The molecule has 3 saturated heterocycles. The predicted octanol–water partition coefficient (Wildman–Crippen LogP) is 3.82. The molecule has 2 aromatic carbocycles. The molecule has 0 aliphatic carbocycles. The Bertz CT molecular complexity index is 1210. The van der Waals surface area contributed by atoms with E-state index in [9.17, 15) is 19.5 Å². The van der Waals surface area contributed by atoms with E-state index in [4.69, 9.17) is 4.74 Å².